The van der Waals surface area contributed by atoms with Crippen LogP contribution in [0.5, 0.6) is 0 Å². The summed E-state index contributed by atoms with van der Waals surface area (Å²) in [6.07, 6.45) is 3.65. The van der Waals surface area contributed by atoms with Crippen LogP contribution in [0.1, 0.15) is 0 Å². The zero-order valence-corrected chi connectivity index (χ0v) is 8.53. The third-order valence-electron chi connectivity index (χ3n) is 2.67. The van der Waals surface area contributed by atoms with E-state index in [-0.39, 0.29) is 5.56 Å². The van der Waals surface area contributed by atoms with Crippen LogP contribution in [0.2, 0.25) is 0 Å². The molecule has 16 heavy (non-hydrogen) atoms. The fourth-order valence-corrected chi connectivity index (χ4v) is 1.82. The van der Waals surface area contributed by atoms with Crippen LogP contribution >= 0.6 is 0 Å². The van der Waals surface area contributed by atoms with Gasteiger partial charge < -0.3 is 9.97 Å². The van der Waals surface area contributed by atoms with Gasteiger partial charge in [0.05, 0.1) is 0 Å². The molecule has 0 aliphatic carbocycles. The van der Waals surface area contributed by atoms with Crippen molar-refractivity contribution in [2.75, 3.05) is 0 Å². The van der Waals surface area contributed by atoms with E-state index < -0.39 is 0 Å². The Kier molecular flexibility index (Phi) is 1.90. The van der Waals surface area contributed by atoms with Crippen LogP contribution in [0.25, 0.3) is 22.0 Å². The van der Waals surface area contributed by atoms with Crippen LogP contribution in [0, 0.1) is 0 Å². The quantitative estimate of drug-likeness (QED) is 0.637. The third kappa shape index (κ3) is 1.42. The second-order valence-electron chi connectivity index (χ2n) is 3.72. The van der Waals surface area contributed by atoms with Gasteiger partial charge in [-0.2, -0.15) is 0 Å². The molecule has 0 atom stereocenters. The molecule has 0 bridgehead atoms. The Labute approximate surface area is 91.8 Å². The normalized spacial score (nSPS) is 10.8. The first-order valence-electron chi connectivity index (χ1n) is 5.09. The highest BCUT2D eigenvalue weighted by Gasteiger charge is 1.99. The Balaban J connectivity index is 2.17. The lowest BCUT2D eigenvalue weighted by Gasteiger charge is -2.00. The summed E-state index contributed by atoms with van der Waals surface area (Å²) >= 11 is 0. The Morgan fingerprint density at radius 3 is 2.56 bits per heavy atom. The smallest absolute Gasteiger partial charge is 0.247 e. The van der Waals surface area contributed by atoms with E-state index in [1.165, 1.54) is 11.5 Å². The van der Waals surface area contributed by atoms with Crippen LogP contribution in [0.15, 0.2) is 53.6 Å². The lowest BCUT2D eigenvalue weighted by atomic mass is 10.1. The van der Waals surface area contributed by atoms with Crippen LogP contribution in [-0.2, 0) is 0 Å². The number of rotatable bonds is 1. The second-order valence-corrected chi connectivity index (χ2v) is 3.72. The molecule has 0 spiro atoms. The van der Waals surface area contributed by atoms with E-state index in [1.54, 1.807) is 6.20 Å². The van der Waals surface area contributed by atoms with Crippen molar-refractivity contribution in [1.82, 2.24) is 9.97 Å². The highest BCUT2D eigenvalue weighted by atomic mass is 16.1. The summed E-state index contributed by atoms with van der Waals surface area (Å²) in [6, 6.07) is 11.6. The van der Waals surface area contributed by atoms with Crippen molar-refractivity contribution in [1.29, 1.82) is 0 Å². The second kappa shape index (κ2) is 3.38. The fourth-order valence-electron chi connectivity index (χ4n) is 1.82. The number of fused-ring (bicyclic) bond motifs is 1. The van der Waals surface area contributed by atoms with Gasteiger partial charge in [-0.05, 0) is 40.8 Å². The minimum atomic E-state index is -0.0773. The third-order valence-corrected chi connectivity index (χ3v) is 2.67. The summed E-state index contributed by atoms with van der Waals surface area (Å²) in [6.45, 7) is 0. The van der Waals surface area contributed by atoms with Crippen molar-refractivity contribution in [3.8, 4) is 11.1 Å². The molecule has 0 radical (unpaired) electrons. The maximum Gasteiger partial charge on any atom is 0.247 e. The standard InChI is InChI=1S/C13H10N2O/c16-13-4-2-11(8-15-13)9-1-3-12-10(7-9)5-6-14-12/h1-8,14H,(H,15,16). The lowest BCUT2D eigenvalue weighted by Crippen LogP contribution is -2.01. The van der Waals surface area contributed by atoms with Gasteiger partial charge in [-0.25, -0.2) is 0 Å². The van der Waals surface area contributed by atoms with E-state index in [1.807, 2.05) is 30.5 Å². The number of hydrogen-bond acceptors (Lipinski definition) is 1. The van der Waals surface area contributed by atoms with Gasteiger partial charge in [-0.3, -0.25) is 4.79 Å². The first kappa shape index (κ1) is 8.97. The predicted octanol–water partition coefficient (Wildman–Crippen LogP) is 2.52. The molecule has 3 heteroatoms. The van der Waals surface area contributed by atoms with E-state index in [4.69, 9.17) is 0 Å². The van der Waals surface area contributed by atoms with Crippen molar-refractivity contribution >= 4 is 10.9 Å². The molecule has 0 amide bonds. The summed E-state index contributed by atoms with van der Waals surface area (Å²) in [5.74, 6) is 0. The highest BCUT2D eigenvalue weighted by molar-refractivity contribution is 5.84. The Morgan fingerprint density at radius 1 is 0.875 bits per heavy atom. The summed E-state index contributed by atoms with van der Waals surface area (Å²) < 4.78 is 0. The maximum absolute atomic E-state index is 11.0. The van der Waals surface area contributed by atoms with Crippen molar-refractivity contribution in [2.45, 2.75) is 0 Å². The fraction of sp³-hybridized carbons (Fsp3) is 0. The van der Waals surface area contributed by atoms with Gasteiger partial charge >= 0.3 is 0 Å². The Bertz CT molecular complexity index is 674. The summed E-state index contributed by atoms with van der Waals surface area (Å²) in [5.41, 5.74) is 3.16. The first-order valence-corrected chi connectivity index (χ1v) is 5.09. The van der Waals surface area contributed by atoms with E-state index in [2.05, 4.69) is 16.0 Å². The Morgan fingerprint density at radius 2 is 1.75 bits per heavy atom. The number of benzene rings is 1. The van der Waals surface area contributed by atoms with Crippen LogP contribution < -0.4 is 5.56 Å². The van der Waals surface area contributed by atoms with Gasteiger partial charge in [0.25, 0.3) is 0 Å². The SMILES string of the molecule is O=c1ccc(-c2ccc3[nH]ccc3c2)c[nH]1. The van der Waals surface area contributed by atoms with Crippen molar-refractivity contribution in [2.24, 2.45) is 0 Å². The van der Waals surface area contributed by atoms with Crippen LogP contribution in [0.3, 0.4) is 0 Å². The molecule has 2 N–H and O–H groups in total. The van der Waals surface area contributed by atoms with Crippen molar-refractivity contribution in [3.63, 3.8) is 0 Å². The molecule has 3 rings (SSSR count). The van der Waals surface area contributed by atoms with Crippen LogP contribution in [-0.4, -0.2) is 9.97 Å². The molecule has 0 saturated heterocycles. The molecule has 2 aromatic heterocycles. The van der Waals surface area contributed by atoms with E-state index >= 15 is 0 Å². The average Bonchev–Trinajstić information content (AvgIpc) is 2.77. The molecule has 78 valence electrons. The largest absolute Gasteiger partial charge is 0.361 e. The molecule has 3 nitrogen and oxygen atoms in total. The molecular weight excluding hydrogens is 200 g/mol. The van der Waals surface area contributed by atoms with Gasteiger partial charge in [0.15, 0.2) is 0 Å². The minimum Gasteiger partial charge on any atom is -0.361 e. The molecule has 0 aliphatic heterocycles. The average molecular weight is 210 g/mol. The minimum absolute atomic E-state index is 0.0773. The van der Waals surface area contributed by atoms with Gasteiger partial charge in [0.1, 0.15) is 0 Å². The van der Waals surface area contributed by atoms with Crippen molar-refractivity contribution < 1.29 is 0 Å². The zero-order valence-electron chi connectivity index (χ0n) is 8.53. The number of H-pyrrole nitrogens is 2. The predicted molar refractivity (Wildman–Crippen MR) is 64.4 cm³/mol. The zero-order chi connectivity index (χ0) is 11.0. The number of pyridine rings is 1. The summed E-state index contributed by atoms with van der Waals surface area (Å²) in [4.78, 5) is 16.8. The molecule has 0 aliphatic rings. The molecule has 1 aromatic carbocycles. The van der Waals surface area contributed by atoms with Gasteiger partial charge in [0.2, 0.25) is 5.56 Å². The van der Waals surface area contributed by atoms with Gasteiger partial charge in [-0.1, -0.05) is 6.07 Å². The molecule has 2 heterocycles. The lowest BCUT2D eigenvalue weighted by molar-refractivity contribution is 1.24. The highest BCUT2D eigenvalue weighted by Crippen LogP contribution is 2.22. The molecule has 0 saturated carbocycles. The summed E-state index contributed by atoms with van der Waals surface area (Å²) in [5, 5.41) is 1.17. The number of aromatic nitrogens is 2. The van der Waals surface area contributed by atoms with E-state index in [0.29, 0.717) is 0 Å². The monoisotopic (exact) mass is 210 g/mol. The number of nitrogens with one attached hydrogen (secondary N) is 2. The summed E-state index contributed by atoms with van der Waals surface area (Å²) in [7, 11) is 0. The van der Waals surface area contributed by atoms with Crippen molar-refractivity contribution in [3.05, 3.63) is 59.1 Å². The molecule has 0 unspecified atom stereocenters. The van der Waals surface area contributed by atoms with Crippen LogP contribution in [0.4, 0.5) is 0 Å². The van der Waals surface area contributed by atoms with Gasteiger partial charge in [-0.15, -0.1) is 0 Å². The van der Waals surface area contributed by atoms with Gasteiger partial charge in [0, 0.05) is 24.0 Å². The molecule has 3 aromatic rings. The molecular formula is C13H10N2O. The first-order chi connectivity index (χ1) is 7.83. The Hall–Kier alpha value is -2.29. The van der Waals surface area contributed by atoms with E-state index in [9.17, 15) is 4.79 Å². The number of hydrogen-bond donors (Lipinski definition) is 2. The number of aromatic amines is 2. The topological polar surface area (TPSA) is 48.6 Å². The van der Waals surface area contributed by atoms with E-state index in [0.717, 1.165) is 16.6 Å². The maximum atomic E-state index is 11.0. The molecule has 0 fully saturated rings.